The number of allylic oxidation sites excluding steroid dienone is 1. The van der Waals surface area contributed by atoms with Crippen molar-refractivity contribution in [3.63, 3.8) is 0 Å². The second kappa shape index (κ2) is 11.4. The highest BCUT2D eigenvalue weighted by molar-refractivity contribution is 6.34. The molecule has 2 unspecified atom stereocenters. The summed E-state index contributed by atoms with van der Waals surface area (Å²) in [5, 5.41) is 6.85. The van der Waals surface area contributed by atoms with Crippen molar-refractivity contribution in [3.05, 3.63) is 41.4 Å². The number of hydrogen-bond acceptors (Lipinski definition) is 3. The van der Waals surface area contributed by atoms with Gasteiger partial charge in [-0.3, -0.25) is 4.79 Å². The van der Waals surface area contributed by atoms with Crippen LogP contribution in [0, 0.1) is 11.8 Å². The summed E-state index contributed by atoms with van der Waals surface area (Å²) in [5.41, 5.74) is 1.46. The number of amides is 1. The number of benzene rings is 1. The molecule has 5 heteroatoms. The van der Waals surface area contributed by atoms with Crippen molar-refractivity contribution in [2.45, 2.75) is 38.5 Å². The predicted octanol–water partition coefficient (Wildman–Crippen LogP) is 4.82. The predicted molar refractivity (Wildman–Crippen MR) is 116 cm³/mol. The molecule has 4 nitrogen and oxygen atoms in total. The Morgan fingerprint density at radius 3 is 2.81 bits per heavy atom. The molecule has 0 saturated heterocycles. The van der Waals surface area contributed by atoms with Gasteiger partial charge in [0.25, 0.3) is 5.91 Å². The third-order valence-corrected chi connectivity index (χ3v) is 5.65. The summed E-state index contributed by atoms with van der Waals surface area (Å²) in [4.78, 5) is 14.6. The average molecular weight is 392 g/mol. The lowest BCUT2D eigenvalue weighted by Gasteiger charge is -2.13. The molecule has 2 N–H and O–H groups in total. The van der Waals surface area contributed by atoms with Crippen LogP contribution in [0.4, 0.5) is 5.69 Å². The summed E-state index contributed by atoms with van der Waals surface area (Å²) in [6.07, 6.45) is 9.35. The van der Waals surface area contributed by atoms with Crippen LogP contribution in [0.5, 0.6) is 0 Å². The van der Waals surface area contributed by atoms with Gasteiger partial charge >= 0.3 is 0 Å². The third kappa shape index (κ3) is 7.55. The van der Waals surface area contributed by atoms with Gasteiger partial charge in [0, 0.05) is 25.3 Å². The SMILES string of the molecule is C=CCC1CCC(CCCNC(=O)c2cc(NCCN(C)C)ccc2Cl)C1. The van der Waals surface area contributed by atoms with Gasteiger partial charge in [-0.15, -0.1) is 6.58 Å². The van der Waals surface area contributed by atoms with E-state index in [1.54, 1.807) is 6.07 Å². The van der Waals surface area contributed by atoms with Crippen LogP contribution in [0.1, 0.15) is 48.9 Å². The minimum atomic E-state index is -0.0905. The Labute approximate surface area is 169 Å². The van der Waals surface area contributed by atoms with Crippen LogP contribution < -0.4 is 10.6 Å². The summed E-state index contributed by atoms with van der Waals surface area (Å²) in [6, 6.07) is 5.53. The Hall–Kier alpha value is -1.52. The molecule has 1 aliphatic rings. The highest BCUT2D eigenvalue weighted by atomic mass is 35.5. The monoisotopic (exact) mass is 391 g/mol. The lowest BCUT2D eigenvalue weighted by atomic mass is 9.98. The van der Waals surface area contributed by atoms with Crippen molar-refractivity contribution >= 4 is 23.2 Å². The normalized spacial score (nSPS) is 19.3. The zero-order valence-electron chi connectivity index (χ0n) is 16.8. The first-order valence-corrected chi connectivity index (χ1v) is 10.4. The van der Waals surface area contributed by atoms with Gasteiger partial charge in [-0.05, 0) is 76.2 Å². The molecule has 0 heterocycles. The van der Waals surface area contributed by atoms with E-state index in [9.17, 15) is 4.79 Å². The molecule has 1 saturated carbocycles. The number of carbonyl (C=O) groups excluding carboxylic acids is 1. The number of rotatable bonds is 11. The zero-order valence-corrected chi connectivity index (χ0v) is 17.5. The van der Waals surface area contributed by atoms with Crippen molar-refractivity contribution in [2.75, 3.05) is 39.0 Å². The molecule has 1 aromatic rings. The number of nitrogens with one attached hydrogen (secondary N) is 2. The van der Waals surface area contributed by atoms with Crippen molar-refractivity contribution in [1.29, 1.82) is 0 Å². The second-order valence-corrected chi connectivity index (χ2v) is 8.30. The number of halogens is 1. The van der Waals surface area contributed by atoms with Crippen LogP contribution in [-0.2, 0) is 0 Å². The van der Waals surface area contributed by atoms with E-state index in [-0.39, 0.29) is 5.91 Å². The number of hydrogen-bond donors (Lipinski definition) is 2. The molecule has 150 valence electrons. The van der Waals surface area contributed by atoms with E-state index < -0.39 is 0 Å². The van der Waals surface area contributed by atoms with Crippen LogP contribution in [0.2, 0.25) is 5.02 Å². The van der Waals surface area contributed by atoms with Crippen molar-refractivity contribution in [3.8, 4) is 0 Å². The van der Waals surface area contributed by atoms with E-state index in [1.807, 2.05) is 32.3 Å². The lowest BCUT2D eigenvalue weighted by Crippen LogP contribution is -2.25. The first-order valence-electron chi connectivity index (χ1n) is 10.1. The van der Waals surface area contributed by atoms with E-state index in [4.69, 9.17) is 11.6 Å². The molecular formula is C22H34ClN3O. The number of likely N-dealkylation sites (N-methyl/N-ethyl adjacent to an activating group) is 1. The molecule has 1 amide bonds. The summed E-state index contributed by atoms with van der Waals surface area (Å²) >= 11 is 6.23. The molecule has 2 atom stereocenters. The van der Waals surface area contributed by atoms with Crippen molar-refractivity contribution in [1.82, 2.24) is 10.2 Å². The highest BCUT2D eigenvalue weighted by Gasteiger charge is 2.23. The third-order valence-electron chi connectivity index (χ3n) is 5.32. The Kier molecular flexibility index (Phi) is 9.16. The molecule has 0 spiro atoms. The fourth-order valence-corrected chi connectivity index (χ4v) is 4.01. The number of carbonyl (C=O) groups is 1. The maximum Gasteiger partial charge on any atom is 0.252 e. The maximum atomic E-state index is 12.5. The summed E-state index contributed by atoms with van der Waals surface area (Å²) in [7, 11) is 4.07. The van der Waals surface area contributed by atoms with Gasteiger partial charge in [0.1, 0.15) is 0 Å². The molecule has 2 rings (SSSR count). The lowest BCUT2D eigenvalue weighted by molar-refractivity contribution is 0.0952. The van der Waals surface area contributed by atoms with E-state index in [2.05, 4.69) is 22.1 Å². The van der Waals surface area contributed by atoms with Crippen LogP contribution in [-0.4, -0.2) is 44.5 Å². The van der Waals surface area contributed by atoms with Gasteiger partial charge in [0.15, 0.2) is 0 Å². The van der Waals surface area contributed by atoms with Crippen LogP contribution >= 0.6 is 11.6 Å². The minimum Gasteiger partial charge on any atom is -0.384 e. The molecule has 0 bridgehead atoms. The number of anilines is 1. The van der Waals surface area contributed by atoms with Gasteiger partial charge in [0.2, 0.25) is 0 Å². The Balaban J connectivity index is 1.74. The maximum absolute atomic E-state index is 12.5. The van der Waals surface area contributed by atoms with Gasteiger partial charge < -0.3 is 15.5 Å². The summed E-state index contributed by atoms with van der Waals surface area (Å²) in [6.45, 7) is 6.30. The largest absolute Gasteiger partial charge is 0.384 e. The summed E-state index contributed by atoms with van der Waals surface area (Å²) in [5.74, 6) is 1.54. The van der Waals surface area contributed by atoms with Gasteiger partial charge in [-0.25, -0.2) is 0 Å². The van der Waals surface area contributed by atoms with Gasteiger partial charge in [-0.1, -0.05) is 24.1 Å². The molecule has 1 aliphatic carbocycles. The number of nitrogens with zero attached hydrogens (tertiary/aromatic N) is 1. The topological polar surface area (TPSA) is 44.4 Å². The zero-order chi connectivity index (χ0) is 19.6. The van der Waals surface area contributed by atoms with Crippen LogP contribution in [0.25, 0.3) is 0 Å². The smallest absolute Gasteiger partial charge is 0.252 e. The quantitative estimate of drug-likeness (QED) is 0.420. The Bertz CT molecular complexity index is 618. The minimum absolute atomic E-state index is 0.0905. The first kappa shape index (κ1) is 21.8. The van der Waals surface area contributed by atoms with E-state index in [0.29, 0.717) is 17.1 Å². The Morgan fingerprint density at radius 1 is 1.30 bits per heavy atom. The fraction of sp³-hybridized carbons (Fsp3) is 0.591. The van der Waals surface area contributed by atoms with Gasteiger partial charge in [0.05, 0.1) is 10.6 Å². The Morgan fingerprint density at radius 2 is 2.07 bits per heavy atom. The van der Waals surface area contributed by atoms with E-state index in [1.165, 1.54) is 25.7 Å². The first-order chi connectivity index (χ1) is 13.0. The standard InChI is InChI=1S/C22H34ClN3O/c1-4-6-17-8-9-18(15-17)7-5-12-25-22(27)20-16-19(10-11-21(20)23)24-13-14-26(2)3/h4,10-11,16-18,24H,1,5-9,12-15H2,2-3H3,(H,25,27). The molecule has 0 aliphatic heterocycles. The second-order valence-electron chi connectivity index (χ2n) is 7.89. The molecule has 0 radical (unpaired) electrons. The molecule has 1 fully saturated rings. The molecule has 27 heavy (non-hydrogen) atoms. The molecule has 1 aromatic carbocycles. The molecule has 0 aromatic heterocycles. The van der Waals surface area contributed by atoms with Crippen LogP contribution in [0.15, 0.2) is 30.9 Å². The van der Waals surface area contributed by atoms with E-state index >= 15 is 0 Å². The van der Waals surface area contributed by atoms with Crippen molar-refractivity contribution in [2.24, 2.45) is 11.8 Å². The van der Waals surface area contributed by atoms with E-state index in [0.717, 1.165) is 43.5 Å². The fourth-order valence-electron chi connectivity index (χ4n) is 3.81. The van der Waals surface area contributed by atoms with Gasteiger partial charge in [-0.2, -0.15) is 0 Å². The van der Waals surface area contributed by atoms with Crippen LogP contribution in [0.3, 0.4) is 0 Å². The molecular weight excluding hydrogens is 358 g/mol. The average Bonchev–Trinajstić information content (AvgIpc) is 3.07. The van der Waals surface area contributed by atoms with Crippen molar-refractivity contribution < 1.29 is 4.79 Å². The highest BCUT2D eigenvalue weighted by Crippen LogP contribution is 2.35. The summed E-state index contributed by atoms with van der Waals surface area (Å²) < 4.78 is 0.